The molecule has 0 saturated carbocycles. The summed E-state index contributed by atoms with van der Waals surface area (Å²) in [6, 6.07) is 13.1. The third-order valence-corrected chi connectivity index (χ3v) is 3.75. The van der Waals surface area contributed by atoms with Crippen LogP contribution in [-0.2, 0) is 22.6 Å². The maximum atomic E-state index is 12.1. The van der Waals surface area contributed by atoms with Gasteiger partial charge >= 0.3 is 11.8 Å². The number of amides is 2. The Labute approximate surface area is 138 Å². The highest BCUT2D eigenvalue weighted by atomic mass is 16.3. The molecule has 0 atom stereocenters. The zero-order chi connectivity index (χ0) is 16.9. The number of carbonyl (C=O) groups excluding carboxylic acids is 2. The number of carbonyl (C=O) groups is 2. The maximum Gasteiger partial charge on any atom is 0.311 e. The molecule has 2 heterocycles. The van der Waals surface area contributed by atoms with Gasteiger partial charge in [0.1, 0.15) is 5.58 Å². The number of nitrogens with two attached hydrogens (primary N) is 1. The van der Waals surface area contributed by atoms with Crippen molar-refractivity contribution in [2.24, 2.45) is 5.73 Å². The molecule has 3 aromatic rings. The largest absolute Gasteiger partial charge is 0.464 e. The lowest BCUT2D eigenvalue weighted by atomic mass is 10.1. The predicted molar refractivity (Wildman–Crippen MR) is 88.8 cm³/mol. The Kier molecular flexibility index (Phi) is 4.56. The van der Waals surface area contributed by atoms with Gasteiger partial charge in [0.25, 0.3) is 0 Å². The number of hydrogen-bond donors (Lipinski definition) is 1. The molecule has 6 nitrogen and oxygen atoms in total. The number of fused-ring (bicyclic) bond motifs is 1. The van der Waals surface area contributed by atoms with Crippen LogP contribution < -0.4 is 5.73 Å². The Bertz CT molecular complexity index is 858. The van der Waals surface area contributed by atoms with E-state index in [2.05, 4.69) is 4.98 Å². The fraction of sp³-hybridized carbons (Fsp3) is 0.167. The molecule has 0 aliphatic rings. The van der Waals surface area contributed by atoms with Gasteiger partial charge in [-0.05, 0) is 35.9 Å². The topological polar surface area (TPSA) is 89.4 Å². The van der Waals surface area contributed by atoms with Gasteiger partial charge in [-0.3, -0.25) is 14.6 Å². The van der Waals surface area contributed by atoms with Crippen LogP contribution in [-0.4, -0.2) is 28.2 Å². The second kappa shape index (κ2) is 6.95. The van der Waals surface area contributed by atoms with E-state index >= 15 is 0 Å². The molecule has 0 saturated heterocycles. The quantitative estimate of drug-likeness (QED) is 0.726. The van der Waals surface area contributed by atoms with E-state index in [1.165, 1.54) is 4.90 Å². The first-order valence-electron chi connectivity index (χ1n) is 7.58. The normalized spacial score (nSPS) is 10.7. The average Bonchev–Trinajstić information content (AvgIpc) is 3.06. The van der Waals surface area contributed by atoms with Crippen molar-refractivity contribution in [1.29, 1.82) is 0 Å². The van der Waals surface area contributed by atoms with Gasteiger partial charge in [-0.25, -0.2) is 0 Å². The number of furan rings is 1. The summed E-state index contributed by atoms with van der Waals surface area (Å²) in [4.78, 5) is 29.1. The van der Waals surface area contributed by atoms with E-state index in [9.17, 15) is 9.59 Å². The van der Waals surface area contributed by atoms with Crippen molar-refractivity contribution >= 4 is 22.8 Å². The van der Waals surface area contributed by atoms with E-state index in [0.29, 0.717) is 19.5 Å². The molecule has 6 heteroatoms. The molecule has 0 aliphatic carbocycles. The van der Waals surface area contributed by atoms with Crippen molar-refractivity contribution in [3.8, 4) is 0 Å². The lowest BCUT2D eigenvalue weighted by Crippen LogP contribution is -2.41. The minimum atomic E-state index is -0.958. The van der Waals surface area contributed by atoms with Crippen molar-refractivity contribution in [3.05, 3.63) is 66.2 Å². The lowest BCUT2D eigenvalue weighted by Gasteiger charge is -2.21. The van der Waals surface area contributed by atoms with Gasteiger partial charge < -0.3 is 15.1 Å². The summed E-state index contributed by atoms with van der Waals surface area (Å²) in [5.41, 5.74) is 7.70. The third-order valence-electron chi connectivity index (χ3n) is 3.75. The molecule has 1 aromatic carbocycles. The van der Waals surface area contributed by atoms with Crippen molar-refractivity contribution in [1.82, 2.24) is 9.88 Å². The molecule has 0 bridgehead atoms. The zero-order valence-electron chi connectivity index (χ0n) is 13.0. The molecule has 0 radical (unpaired) electrons. The Balaban J connectivity index is 1.76. The smallest absolute Gasteiger partial charge is 0.311 e. The third kappa shape index (κ3) is 3.60. The van der Waals surface area contributed by atoms with Gasteiger partial charge in [0.15, 0.2) is 0 Å². The summed E-state index contributed by atoms with van der Waals surface area (Å²) >= 11 is 0. The van der Waals surface area contributed by atoms with Crippen LogP contribution in [0.4, 0.5) is 0 Å². The van der Waals surface area contributed by atoms with Gasteiger partial charge in [-0.1, -0.05) is 12.1 Å². The molecule has 0 spiro atoms. The van der Waals surface area contributed by atoms with Crippen LogP contribution in [0.3, 0.4) is 0 Å². The van der Waals surface area contributed by atoms with Crippen LogP contribution in [0.5, 0.6) is 0 Å². The number of hydrogen-bond acceptors (Lipinski definition) is 4. The SMILES string of the molecule is NC(=O)C(=O)N(CCc1ccccn1)Cc1ccc2occc2c1. The molecule has 122 valence electrons. The summed E-state index contributed by atoms with van der Waals surface area (Å²) in [5, 5.41) is 0.948. The number of benzene rings is 1. The summed E-state index contributed by atoms with van der Waals surface area (Å²) in [7, 11) is 0. The summed E-state index contributed by atoms with van der Waals surface area (Å²) in [5.74, 6) is -1.65. The molecule has 2 aromatic heterocycles. The number of primary amides is 1. The highest BCUT2D eigenvalue weighted by Gasteiger charge is 2.19. The fourth-order valence-corrected chi connectivity index (χ4v) is 2.54. The molecule has 2 N–H and O–H groups in total. The van der Waals surface area contributed by atoms with Crippen LogP contribution >= 0.6 is 0 Å². The molecule has 0 unspecified atom stereocenters. The molecule has 24 heavy (non-hydrogen) atoms. The number of rotatable bonds is 5. The fourth-order valence-electron chi connectivity index (χ4n) is 2.54. The molecule has 0 fully saturated rings. The number of nitrogens with zero attached hydrogens (tertiary/aromatic N) is 2. The maximum absolute atomic E-state index is 12.1. The first-order valence-corrected chi connectivity index (χ1v) is 7.58. The number of pyridine rings is 1. The average molecular weight is 323 g/mol. The molecule has 0 aliphatic heterocycles. The number of aromatic nitrogens is 1. The Morgan fingerprint density at radius 1 is 1.17 bits per heavy atom. The molecular weight excluding hydrogens is 306 g/mol. The molecular formula is C18H17N3O3. The lowest BCUT2D eigenvalue weighted by molar-refractivity contribution is -0.144. The van der Waals surface area contributed by atoms with Gasteiger partial charge in [0, 0.05) is 36.8 Å². The van der Waals surface area contributed by atoms with Crippen LogP contribution in [0.1, 0.15) is 11.3 Å². The van der Waals surface area contributed by atoms with Crippen LogP contribution in [0.15, 0.2) is 59.3 Å². The highest BCUT2D eigenvalue weighted by Crippen LogP contribution is 2.18. The Morgan fingerprint density at radius 2 is 2.04 bits per heavy atom. The minimum Gasteiger partial charge on any atom is -0.464 e. The molecule has 2 amide bonds. The van der Waals surface area contributed by atoms with E-state index in [-0.39, 0.29) is 0 Å². The van der Waals surface area contributed by atoms with E-state index in [0.717, 1.165) is 22.2 Å². The predicted octanol–water partition coefficient (Wildman–Crippen LogP) is 1.88. The standard InChI is InChI=1S/C18H17N3O3/c19-17(22)18(23)21(9-6-15-3-1-2-8-20-15)12-13-4-5-16-14(11-13)7-10-24-16/h1-5,7-8,10-11H,6,9,12H2,(H2,19,22). The second-order valence-electron chi connectivity index (χ2n) is 5.45. The summed E-state index contributed by atoms with van der Waals surface area (Å²) < 4.78 is 5.31. The van der Waals surface area contributed by atoms with Crippen LogP contribution in [0.25, 0.3) is 11.0 Å². The van der Waals surface area contributed by atoms with Crippen molar-refractivity contribution in [2.45, 2.75) is 13.0 Å². The monoisotopic (exact) mass is 323 g/mol. The van der Waals surface area contributed by atoms with Crippen molar-refractivity contribution in [2.75, 3.05) is 6.54 Å². The Hall–Kier alpha value is -3.15. The van der Waals surface area contributed by atoms with Crippen molar-refractivity contribution in [3.63, 3.8) is 0 Å². The Morgan fingerprint density at radius 3 is 2.79 bits per heavy atom. The van der Waals surface area contributed by atoms with E-state index in [1.54, 1.807) is 12.5 Å². The molecule has 3 rings (SSSR count). The first-order chi connectivity index (χ1) is 11.6. The van der Waals surface area contributed by atoms with Gasteiger partial charge in [-0.2, -0.15) is 0 Å². The second-order valence-corrected chi connectivity index (χ2v) is 5.45. The summed E-state index contributed by atoms with van der Waals surface area (Å²) in [6.45, 7) is 0.665. The van der Waals surface area contributed by atoms with Gasteiger partial charge in [0.2, 0.25) is 0 Å². The van der Waals surface area contributed by atoms with Gasteiger partial charge in [0.05, 0.1) is 6.26 Å². The van der Waals surface area contributed by atoms with E-state index < -0.39 is 11.8 Å². The van der Waals surface area contributed by atoms with Gasteiger partial charge in [-0.15, -0.1) is 0 Å². The highest BCUT2D eigenvalue weighted by molar-refractivity contribution is 6.34. The zero-order valence-corrected chi connectivity index (χ0v) is 13.0. The van der Waals surface area contributed by atoms with Crippen LogP contribution in [0.2, 0.25) is 0 Å². The first kappa shape index (κ1) is 15.7. The minimum absolute atomic E-state index is 0.301. The van der Waals surface area contributed by atoms with E-state index in [1.807, 2.05) is 42.5 Å². The summed E-state index contributed by atoms with van der Waals surface area (Å²) in [6.07, 6.45) is 3.86. The van der Waals surface area contributed by atoms with E-state index in [4.69, 9.17) is 10.2 Å². The van der Waals surface area contributed by atoms with Crippen molar-refractivity contribution < 1.29 is 14.0 Å². The van der Waals surface area contributed by atoms with Crippen LogP contribution in [0, 0.1) is 0 Å².